The SMILES string of the molecule is Cc1c(CCNC(=O)C2CCC(NC(=O)n3c(-c4ccnn4-c4ccc(C#N)cc4)c(C)n(-c4cccc(C(F)(F)F)c4)c3=O)CC2)cc(S(=O)(=O)[O-])c(C)c1C.[NH4+]. The predicted molar refractivity (Wildman–Crippen MR) is 208 cm³/mol. The van der Waals surface area contributed by atoms with Crippen LogP contribution in [0.25, 0.3) is 22.8 Å². The van der Waals surface area contributed by atoms with Gasteiger partial charge in [-0.2, -0.15) is 23.5 Å². The average molecular weight is 821 g/mol. The molecule has 0 radical (unpaired) electrons. The maximum Gasteiger partial charge on any atom is 0.416 e. The van der Waals surface area contributed by atoms with Crippen molar-refractivity contribution in [3.63, 3.8) is 0 Å². The van der Waals surface area contributed by atoms with Gasteiger partial charge < -0.3 is 21.3 Å². The van der Waals surface area contributed by atoms with E-state index >= 15 is 0 Å². The Balaban J connectivity index is 0.00000641. The van der Waals surface area contributed by atoms with E-state index in [2.05, 4.69) is 15.7 Å². The van der Waals surface area contributed by atoms with E-state index in [1.165, 1.54) is 36.0 Å². The number of rotatable bonds is 9. The lowest BCUT2D eigenvalue weighted by molar-refractivity contribution is -0.137. The molecule has 2 amide bonds. The van der Waals surface area contributed by atoms with Gasteiger partial charge in [0.25, 0.3) is 0 Å². The normalized spacial score (nSPS) is 15.6. The van der Waals surface area contributed by atoms with Crippen molar-refractivity contribution in [2.45, 2.75) is 76.9 Å². The lowest BCUT2D eigenvalue weighted by atomic mass is 9.85. The van der Waals surface area contributed by atoms with Gasteiger partial charge in [0.05, 0.1) is 51.1 Å². The number of benzene rings is 3. The van der Waals surface area contributed by atoms with E-state index in [-0.39, 0.29) is 52.2 Å². The van der Waals surface area contributed by atoms with Gasteiger partial charge in [-0.05, 0) is 137 Å². The number of nitriles is 1. The van der Waals surface area contributed by atoms with E-state index < -0.39 is 39.6 Å². The number of halogens is 3. The summed E-state index contributed by atoms with van der Waals surface area (Å²) in [6.07, 6.45) is -1.31. The summed E-state index contributed by atoms with van der Waals surface area (Å²) in [5.41, 5.74) is 2.05. The molecule has 0 spiro atoms. The molecule has 1 aliphatic rings. The summed E-state index contributed by atoms with van der Waals surface area (Å²) in [4.78, 5) is 41.2. The highest BCUT2D eigenvalue weighted by atomic mass is 32.2. The Kier molecular flexibility index (Phi) is 12.5. The smallest absolute Gasteiger partial charge is 0.416 e. The first kappa shape index (κ1) is 43.1. The molecule has 1 saturated carbocycles. The van der Waals surface area contributed by atoms with Crippen molar-refractivity contribution in [3.05, 3.63) is 116 Å². The Hall–Kier alpha value is -6.03. The molecule has 2 heterocycles. The van der Waals surface area contributed by atoms with Gasteiger partial charge in [0, 0.05) is 18.5 Å². The molecule has 0 atom stereocenters. The Bertz CT molecular complexity index is 2580. The van der Waals surface area contributed by atoms with Gasteiger partial charge in [-0.25, -0.2) is 27.3 Å². The fraction of sp³-hybridized carbons (Fsp3) is 0.325. The van der Waals surface area contributed by atoms with Crippen molar-refractivity contribution in [1.82, 2.24) is 35.7 Å². The van der Waals surface area contributed by atoms with Crippen LogP contribution in [0, 0.1) is 44.9 Å². The molecule has 1 aliphatic carbocycles. The number of hydrogen-bond donors (Lipinski definition) is 3. The summed E-state index contributed by atoms with van der Waals surface area (Å²) < 4.78 is 80.0. The van der Waals surface area contributed by atoms with Crippen LogP contribution in [0.5, 0.6) is 0 Å². The van der Waals surface area contributed by atoms with Crippen LogP contribution in [-0.4, -0.2) is 56.4 Å². The highest BCUT2D eigenvalue weighted by Crippen LogP contribution is 2.33. The van der Waals surface area contributed by atoms with Crippen molar-refractivity contribution in [1.29, 1.82) is 5.26 Å². The topological polar surface area (TPSA) is 220 Å². The molecule has 306 valence electrons. The molecular weight excluding hydrogens is 778 g/mol. The van der Waals surface area contributed by atoms with E-state index in [0.717, 1.165) is 26.8 Å². The molecule has 14 nitrogen and oxygen atoms in total. The zero-order valence-corrected chi connectivity index (χ0v) is 33.3. The summed E-state index contributed by atoms with van der Waals surface area (Å²) in [5, 5.41) is 19.4. The third-order valence-electron chi connectivity index (χ3n) is 10.7. The Morgan fingerprint density at radius 3 is 2.24 bits per heavy atom. The summed E-state index contributed by atoms with van der Waals surface area (Å²) in [5.74, 6) is -0.581. The number of carbonyl (C=O) groups excluding carboxylic acids is 2. The van der Waals surface area contributed by atoms with E-state index in [9.17, 15) is 45.8 Å². The highest BCUT2D eigenvalue weighted by molar-refractivity contribution is 7.85. The monoisotopic (exact) mass is 820 g/mol. The van der Waals surface area contributed by atoms with Crippen molar-refractivity contribution < 1.29 is 35.7 Å². The third kappa shape index (κ3) is 8.61. The van der Waals surface area contributed by atoms with Crippen molar-refractivity contribution >= 4 is 22.1 Å². The average Bonchev–Trinajstić information content (AvgIpc) is 3.75. The van der Waals surface area contributed by atoms with Crippen LogP contribution in [0.1, 0.15) is 64.8 Å². The zero-order chi connectivity index (χ0) is 41.4. The standard InChI is InChI=1S/C40H40F3N7O6S.H3N/c1-23-24(2)29(20-35(25(23)3)57(54,55)56)16-18-45-37(51)28-10-12-31(13-11-28)47-38(52)49-36(34-17-19-46-50(34)32-14-8-27(22-44)9-15-32)26(4)48(39(49)53)33-7-5-6-30(21-33)40(41,42)43;/h5-9,14-15,17,19-21,28,31H,10-13,16,18H2,1-4H3,(H,45,51)(H,47,52)(H,54,55,56);1H3. The van der Waals surface area contributed by atoms with E-state index in [1.54, 1.807) is 44.2 Å². The first-order valence-corrected chi connectivity index (χ1v) is 19.5. The molecule has 1 fully saturated rings. The lowest BCUT2D eigenvalue weighted by Gasteiger charge is -2.28. The minimum absolute atomic E-state index is 0. The number of nitrogens with one attached hydrogen (secondary N) is 2. The van der Waals surface area contributed by atoms with Crippen LogP contribution in [0.15, 0.2) is 76.6 Å². The van der Waals surface area contributed by atoms with Gasteiger partial charge in [-0.3, -0.25) is 9.36 Å². The van der Waals surface area contributed by atoms with Crippen LogP contribution in [0.2, 0.25) is 0 Å². The Labute approximate surface area is 332 Å². The van der Waals surface area contributed by atoms with Crippen LogP contribution < -0.4 is 22.5 Å². The molecule has 2 aromatic heterocycles. The number of alkyl halides is 3. The van der Waals surface area contributed by atoms with Crippen LogP contribution in [0.3, 0.4) is 0 Å². The van der Waals surface area contributed by atoms with E-state index in [0.29, 0.717) is 60.0 Å². The maximum atomic E-state index is 14.2. The third-order valence-corrected chi connectivity index (χ3v) is 11.7. The van der Waals surface area contributed by atoms with Gasteiger partial charge in [0.15, 0.2) is 0 Å². The van der Waals surface area contributed by atoms with E-state index in [1.807, 2.05) is 13.0 Å². The second kappa shape index (κ2) is 16.8. The minimum Gasteiger partial charge on any atom is -0.744 e. The van der Waals surface area contributed by atoms with Gasteiger partial charge in [0.1, 0.15) is 15.8 Å². The van der Waals surface area contributed by atoms with Crippen molar-refractivity contribution in [2.75, 3.05) is 6.54 Å². The summed E-state index contributed by atoms with van der Waals surface area (Å²) in [7, 11) is -4.68. The molecule has 18 heteroatoms. The Morgan fingerprint density at radius 1 is 0.948 bits per heavy atom. The maximum absolute atomic E-state index is 14.2. The first-order chi connectivity index (χ1) is 26.9. The second-order valence-corrected chi connectivity index (χ2v) is 15.5. The van der Waals surface area contributed by atoms with E-state index in [4.69, 9.17) is 0 Å². The summed E-state index contributed by atoms with van der Waals surface area (Å²) in [6, 6.07) is 14.4. The molecule has 0 unspecified atom stereocenters. The molecule has 6 rings (SSSR count). The molecule has 6 N–H and O–H groups in total. The number of hydrogen-bond acceptors (Lipinski definition) is 8. The van der Waals surface area contributed by atoms with Crippen molar-refractivity contribution in [3.8, 4) is 28.8 Å². The molecule has 5 aromatic rings. The lowest BCUT2D eigenvalue weighted by Crippen LogP contribution is -2.45. The molecule has 0 saturated heterocycles. The molecule has 0 aliphatic heterocycles. The second-order valence-electron chi connectivity index (χ2n) is 14.1. The molecule has 0 bridgehead atoms. The number of carbonyl (C=O) groups is 2. The quantitative estimate of drug-likeness (QED) is 0.142. The Morgan fingerprint density at radius 2 is 1.62 bits per heavy atom. The van der Waals surface area contributed by atoms with Crippen LogP contribution >= 0.6 is 0 Å². The largest absolute Gasteiger partial charge is 0.744 e. The zero-order valence-electron chi connectivity index (χ0n) is 32.5. The number of nitrogens with zero attached hydrogens (tertiary/aromatic N) is 5. The number of aromatic nitrogens is 4. The van der Waals surface area contributed by atoms with Gasteiger partial charge in [-0.1, -0.05) is 6.07 Å². The minimum atomic E-state index is -4.69. The van der Waals surface area contributed by atoms with Gasteiger partial charge in [-0.15, -0.1) is 0 Å². The fourth-order valence-electron chi connectivity index (χ4n) is 7.39. The van der Waals surface area contributed by atoms with Crippen molar-refractivity contribution in [2.24, 2.45) is 5.92 Å². The number of amides is 2. The number of imidazole rings is 1. The van der Waals surface area contributed by atoms with Crippen LogP contribution in [-0.2, 0) is 27.5 Å². The highest BCUT2D eigenvalue weighted by Gasteiger charge is 2.33. The van der Waals surface area contributed by atoms with Gasteiger partial charge >= 0.3 is 17.9 Å². The molecule has 3 aromatic carbocycles. The molecule has 58 heavy (non-hydrogen) atoms. The number of quaternary nitrogens is 1. The summed E-state index contributed by atoms with van der Waals surface area (Å²) in [6.45, 7) is 6.90. The molecular formula is C40H43F3N8O6S. The summed E-state index contributed by atoms with van der Waals surface area (Å²) >= 11 is 0. The van der Waals surface area contributed by atoms with Crippen LogP contribution in [0.4, 0.5) is 18.0 Å². The fourth-order valence-corrected chi connectivity index (χ4v) is 8.21. The predicted octanol–water partition coefficient (Wildman–Crippen LogP) is 6.37. The first-order valence-electron chi connectivity index (χ1n) is 18.1. The van der Waals surface area contributed by atoms with Gasteiger partial charge in [0.2, 0.25) is 5.91 Å².